The Hall–Kier alpha value is -1.93. The first kappa shape index (κ1) is 15.0. The standard InChI is InChI=1S/C15H16O7/c1-7-4-12(17)21-10-5-8(2-3-9(7)10)20-15-14(19)13(18)11(6-16)22-15/h2-5,11,13-16,18-19H,6H2,1H3/t11-,13-,14-,15-/m1/s1. The van der Waals surface area contributed by atoms with Gasteiger partial charge in [-0.3, -0.25) is 0 Å². The quantitative estimate of drug-likeness (QED) is 0.680. The summed E-state index contributed by atoms with van der Waals surface area (Å²) in [7, 11) is 0. The van der Waals surface area contributed by atoms with Crippen LogP contribution in [0.1, 0.15) is 5.56 Å². The molecule has 0 unspecified atom stereocenters. The van der Waals surface area contributed by atoms with Gasteiger partial charge >= 0.3 is 5.63 Å². The van der Waals surface area contributed by atoms with E-state index in [0.29, 0.717) is 11.3 Å². The largest absolute Gasteiger partial charge is 0.462 e. The highest BCUT2D eigenvalue weighted by Crippen LogP contribution is 2.27. The van der Waals surface area contributed by atoms with Gasteiger partial charge in [-0.25, -0.2) is 4.79 Å². The first-order chi connectivity index (χ1) is 10.5. The molecule has 22 heavy (non-hydrogen) atoms. The maximum absolute atomic E-state index is 11.4. The monoisotopic (exact) mass is 308 g/mol. The van der Waals surface area contributed by atoms with Crippen molar-refractivity contribution in [3.8, 4) is 5.75 Å². The van der Waals surface area contributed by atoms with E-state index in [-0.39, 0.29) is 0 Å². The van der Waals surface area contributed by atoms with Crippen LogP contribution < -0.4 is 10.4 Å². The summed E-state index contributed by atoms with van der Waals surface area (Å²) in [6.45, 7) is 1.37. The van der Waals surface area contributed by atoms with Crippen LogP contribution in [0.3, 0.4) is 0 Å². The van der Waals surface area contributed by atoms with E-state index in [1.165, 1.54) is 12.1 Å². The molecule has 0 amide bonds. The summed E-state index contributed by atoms with van der Waals surface area (Å²) < 4.78 is 15.8. The molecule has 0 bridgehead atoms. The van der Waals surface area contributed by atoms with E-state index in [2.05, 4.69) is 0 Å². The van der Waals surface area contributed by atoms with Crippen LogP contribution in [0.4, 0.5) is 0 Å². The highest BCUT2D eigenvalue weighted by Gasteiger charge is 2.43. The van der Waals surface area contributed by atoms with E-state index in [1.54, 1.807) is 19.1 Å². The van der Waals surface area contributed by atoms with E-state index in [9.17, 15) is 15.0 Å². The molecule has 0 aliphatic carbocycles. The van der Waals surface area contributed by atoms with E-state index < -0.39 is 36.8 Å². The molecule has 3 rings (SSSR count). The molecule has 0 radical (unpaired) electrons. The van der Waals surface area contributed by atoms with Gasteiger partial charge in [0.2, 0.25) is 6.29 Å². The van der Waals surface area contributed by atoms with Gasteiger partial charge in [0, 0.05) is 17.5 Å². The van der Waals surface area contributed by atoms with Gasteiger partial charge < -0.3 is 29.2 Å². The Morgan fingerprint density at radius 2 is 2.00 bits per heavy atom. The summed E-state index contributed by atoms with van der Waals surface area (Å²) in [5, 5.41) is 29.3. The summed E-state index contributed by atoms with van der Waals surface area (Å²) in [6, 6.07) is 6.28. The Morgan fingerprint density at radius 1 is 1.23 bits per heavy atom. The molecule has 7 heteroatoms. The summed E-state index contributed by atoms with van der Waals surface area (Å²) in [5.74, 6) is 0.316. The second kappa shape index (κ2) is 5.69. The van der Waals surface area contributed by atoms with Crippen LogP contribution in [0.2, 0.25) is 0 Å². The van der Waals surface area contributed by atoms with E-state index >= 15 is 0 Å². The van der Waals surface area contributed by atoms with Crippen LogP contribution in [0, 0.1) is 6.92 Å². The number of aryl methyl sites for hydroxylation is 1. The van der Waals surface area contributed by atoms with Gasteiger partial charge in [0.25, 0.3) is 0 Å². The number of hydrogen-bond acceptors (Lipinski definition) is 7. The Kier molecular flexibility index (Phi) is 3.88. The molecule has 1 saturated heterocycles. The molecule has 0 spiro atoms. The van der Waals surface area contributed by atoms with E-state index in [1.807, 2.05) is 0 Å². The molecule has 1 aromatic carbocycles. The zero-order valence-corrected chi connectivity index (χ0v) is 11.8. The summed E-state index contributed by atoms with van der Waals surface area (Å²) in [4.78, 5) is 11.4. The second-order valence-electron chi connectivity index (χ2n) is 5.23. The Bertz CT molecular complexity index is 738. The third-order valence-corrected chi connectivity index (χ3v) is 3.67. The molecular weight excluding hydrogens is 292 g/mol. The highest BCUT2D eigenvalue weighted by atomic mass is 16.7. The van der Waals surface area contributed by atoms with Crippen molar-refractivity contribution in [3.63, 3.8) is 0 Å². The Morgan fingerprint density at radius 3 is 2.68 bits per heavy atom. The molecule has 1 aromatic heterocycles. The minimum absolute atomic E-state index is 0.316. The van der Waals surface area contributed by atoms with Gasteiger partial charge in [0.1, 0.15) is 29.6 Å². The van der Waals surface area contributed by atoms with Crippen molar-refractivity contribution < 1.29 is 29.2 Å². The number of hydrogen-bond donors (Lipinski definition) is 3. The Labute approximate surface area is 125 Å². The van der Waals surface area contributed by atoms with Crippen LogP contribution >= 0.6 is 0 Å². The minimum atomic E-state index is -1.28. The minimum Gasteiger partial charge on any atom is -0.462 e. The number of ether oxygens (including phenoxy) is 2. The fraction of sp³-hybridized carbons (Fsp3) is 0.400. The maximum Gasteiger partial charge on any atom is 0.336 e. The summed E-state index contributed by atoms with van der Waals surface area (Å²) in [6.07, 6.45) is -4.52. The van der Waals surface area contributed by atoms with Crippen molar-refractivity contribution in [1.82, 2.24) is 0 Å². The lowest BCUT2D eigenvalue weighted by Crippen LogP contribution is -2.35. The van der Waals surface area contributed by atoms with Crippen molar-refractivity contribution in [2.24, 2.45) is 0 Å². The molecule has 2 aromatic rings. The lowest BCUT2D eigenvalue weighted by atomic mass is 10.1. The predicted molar refractivity (Wildman–Crippen MR) is 75.6 cm³/mol. The predicted octanol–water partition coefficient (Wildman–Crippen LogP) is -0.0808. The zero-order chi connectivity index (χ0) is 15.9. The van der Waals surface area contributed by atoms with Crippen molar-refractivity contribution >= 4 is 11.0 Å². The molecule has 118 valence electrons. The number of aliphatic hydroxyl groups is 3. The van der Waals surface area contributed by atoms with Crippen LogP contribution in [0.15, 0.2) is 33.5 Å². The fourth-order valence-corrected chi connectivity index (χ4v) is 2.48. The van der Waals surface area contributed by atoms with Crippen molar-refractivity contribution in [2.45, 2.75) is 31.5 Å². The lowest BCUT2D eigenvalue weighted by molar-refractivity contribution is -0.116. The van der Waals surface area contributed by atoms with E-state index in [4.69, 9.17) is 19.0 Å². The third-order valence-electron chi connectivity index (χ3n) is 3.67. The van der Waals surface area contributed by atoms with Gasteiger partial charge in [-0.2, -0.15) is 0 Å². The molecule has 3 N–H and O–H groups in total. The highest BCUT2D eigenvalue weighted by molar-refractivity contribution is 5.81. The normalized spacial score (nSPS) is 28.2. The lowest BCUT2D eigenvalue weighted by Gasteiger charge is -2.17. The first-order valence-electron chi connectivity index (χ1n) is 6.83. The van der Waals surface area contributed by atoms with Gasteiger partial charge in [-0.1, -0.05) is 0 Å². The average Bonchev–Trinajstić information content (AvgIpc) is 2.74. The smallest absolute Gasteiger partial charge is 0.336 e. The van der Waals surface area contributed by atoms with Gasteiger partial charge in [-0.15, -0.1) is 0 Å². The van der Waals surface area contributed by atoms with Crippen LogP contribution in [-0.2, 0) is 4.74 Å². The van der Waals surface area contributed by atoms with E-state index in [0.717, 1.165) is 10.9 Å². The van der Waals surface area contributed by atoms with Gasteiger partial charge in [-0.05, 0) is 24.6 Å². The molecule has 2 heterocycles. The fourth-order valence-electron chi connectivity index (χ4n) is 2.48. The second-order valence-corrected chi connectivity index (χ2v) is 5.23. The van der Waals surface area contributed by atoms with Crippen LogP contribution in [-0.4, -0.2) is 46.5 Å². The van der Waals surface area contributed by atoms with Crippen LogP contribution in [0.25, 0.3) is 11.0 Å². The molecule has 4 atom stereocenters. The molecule has 1 aliphatic heterocycles. The maximum atomic E-state index is 11.4. The zero-order valence-electron chi connectivity index (χ0n) is 11.8. The molecule has 1 aliphatic rings. The number of benzene rings is 1. The average molecular weight is 308 g/mol. The number of rotatable bonds is 3. The van der Waals surface area contributed by atoms with Crippen molar-refractivity contribution in [2.75, 3.05) is 6.61 Å². The topological polar surface area (TPSA) is 109 Å². The van der Waals surface area contributed by atoms with Crippen LogP contribution in [0.5, 0.6) is 5.75 Å². The van der Waals surface area contributed by atoms with Crippen molar-refractivity contribution in [3.05, 3.63) is 40.2 Å². The molecular formula is C15H16O7. The first-order valence-corrected chi connectivity index (χ1v) is 6.83. The SMILES string of the molecule is Cc1cc(=O)oc2cc(O[C@@H]3O[C@H](CO)[C@@H](O)[C@H]3O)ccc12. The number of fused-ring (bicyclic) bond motifs is 1. The van der Waals surface area contributed by atoms with Gasteiger partial charge in [0.15, 0.2) is 0 Å². The summed E-state index contributed by atoms with van der Waals surface area (Å²) >= 11 is 0. The van der Waals surface area contributed by atoms with Gasteiger partial charge in [0.05, 0.1) is 6.61 Å². The molecule has 0 saturated carbocycles. The molecule has 1 fully saturated rings. The summed E-state index contributed by atoms with van der Waals surface area (Å²) in [5.41, 5.74) is 0.676. The molecule has 7 nitrogen and oxygen atoms in total. The van der Waals surface area contributed by atoms with Crippen molar-refractivity contribution in [1.29, 1.82) is 0 Å². The number of aliphatic hydroxyl groups excluding tert-OH is 3. The Balaban J connectivity index is 1.87. The third kappa shape index (κ3) is 2.59.